The Morgan fingerprint density at radius 3 is 2.42 bits per heavy atom. The van der Waals surface area contributed by atoms with Crippen molar-refractivity contribution in [1.82, 2.24) is 0 Å². The Kier molecular flexibility index (Phi) is 3.96. The van der Waals surface area contributed by atoms with Crippen molar-refractivity contribution in [1.29, 1.82) is 0 Å². The highest BCUT2D eigenvalue weighted by Gasteiger charge is 2.12. The molecule has 0 heterocycles. The van der Waals surface area contributed by atoms with Crippen LogP contribution in [-0.2, 0) is 6.42 Å². The van der Waals surface area contributed by atoms with Gasteiger partial charge in [-0.25, -0.2) is 8.78 Å². The molecule has 0 aliphatic heterocycles. The molecule has 0 spiro atoms. The molecule has 0 aliphatic carbocycles. The maximum atomic E-state index is 13.1. The predicted octanol–water partition coefficient (Wildman–Crippen LogP) is 4.35. The minimum atomic E-state index is -0.689. The van der Waals surface area contributed by atoms with Crippen molar-refractivity contribution in [3.8, 4) is 0 Å². The minimum absolute atomic E-state index is 0.0597. The maximum Gasteiger partial charge on any atom is 0.167 e. The van der Waals surface area contributed by atoms with Crippen LogP contribution in [0.1, 0.15) is 21.5 Å². The lowest BCUT2D eigenvalue weighted by Crippen LogP contribution is -2.06. The molecular formula is C15H11ClF2O. The molecule has 0 saturated carbocycles. The molecule has 0 unspecified atom stereocenters. The first-order chi connectivity index (χ1) is 8.97. The lowest BCUT2D eigenvalue weighted by Gasteiger charge is -2.07. The van der Waals surface area contributed by atoms with Gasteiger partial charge in [-0.05, 0) is 36.2 Å². The normalized spacial score (nSPS) is 10.5. The summed E-state index contributed by atoms with van der Waals surface area (Å²) in [4.78, 5) is 12.1. The molecule has 0 aliphatic rings. The lowest BCUT2D eigenvalue weighted by atomic mass is 9.99. The number of benzene rings is 2. The van der Waals surface area contributed by atoms with Gasteiger partial charge in [0, 0.05) is 23.1 Å². The number of Topliss-reactive ketones (excluding diaryl/α,β-unsaturated/α-hetero) is 1. The summed E-state index contributed by atoms with van der Waals surface area (Å²) in [6.45, 7) is 1.74. The van der Waals surface area contributed by atoms with Crippen LogP contribution in [0.4, 0.5) is 8.78 Å². The molecule has 0 atom stereocenters. The van der Waals surface area contributed by atoms with Crippen LogP contribution in [0.3, 0.4) is 0 Å². The van der Waals surface area contributed by atoms with Crippen molar-refractivity contribution >= 4 is 17.4 Å². The van der Waals surface area contributed by atoms with Gasteiger partial charge in [0.2, 0.25) is 0 Å². The second-order valence-electron chi connectivity index (χ2n) is 4.29. The van der Waals surface area contributed by atoms with Crippen LogP contribution in [0.25, 0.3) is 0 Å². The zero-order chi connectivity index (χ0) is 14.0. The van der Waals surface area contributed by atoms with E-state index in [0.717, 1.165) is 18.2 Å². The fourth-order valence-corrected chi connectivity index (χ4v) is 2.08. The zero-order valence-electron chi connectivity index (χ0n) is 10.2. The molecule has 0 fully saturated rings. The number of carbonyl (C=O) groups excluding carboxylic acids is 1. The van der Waals surface area contributed by atoms with E-state index in [4.69, 9.17) is 11.6 Å². The van der Waals surface area contributed by atoms with Gasteiger partial charge in [-0.3, -0.25) is 4.79 Å². The predicted molar refractivity (Wildman–Crippen MR) is 70.6 cm³/mol. The smallest absolute Gasteiger partial charge is 0.167 e. The van der Waals surface area contributed by atoms with Crippen LogP contribution in [0.15, 0.2) is 36.4 Å². The lowest BCUT2D eigenvalue weighted by molar-refractivity contribution is 0.0992. The molecule has 0 saturated heterocycles. The molecule has 4 heteroatoms. The molecule has 0 bridgehead atoms. The molecule has 0 aromatic heterocycles. The van der Waals surface area contributed by atoms with Crippen LogP contribution in [0.5, 0.6) is 0 Å². The monoisotopic (exact) mass is 280 g/mol. The van der Waals surface area contributed by atoms with E-state index in [1.54, 1.807) is 25.1 Å². The fraction of sp³-hybridized carbons (Fsp3) is 0.133. The van der Waals surface area contributed by atoms with Gasteiger partial charge in [-0.2, -0.15) is 0 Å². The Balaban J connectivity index is 2.28. The van der Waals surface area contributed by atoms with E-state index in [2.05, 4.69) is 0 Å². The molecule has 2 aromatic rings. The second-order valence-corrected chi connectivity index (χ2v) is 4.70. The molecule has 0 amide bonds. The fourth-order valence-electron chi connectivity index (χ4n) is 1.90. The van der Waals surface area contributed by atoms with Gasteiger partial charge in [-0.15, -0.1) is 0 Å². The largest absolute Gasteiger partial charge is 0.294 e. The van der Waals surface area contributed by atoms with E-state index in [-0.39, 0.29) is 12.2 Å². The quantitative estimate of drug-likeness (QED) is 0.764. The highest BCUT2D eigenvalue weighted by molar-refractivity contribution is 6.31. The third kappa shape index (κ3) is 3.18. The zero-order valence-corrected chi connectivity index (χ0v) is 11.0. The van der Waals surface area contributed by atoms with Crippen LogP contribution in [0.2, 0.25) is 5.02 Å². The summed E-state index contributed by atoms with van der Waals surface area (Å²) in [6, 6.07) is 8.10. The Morgan fingerprint density at radius 1 is 1.16 bits per heavy atom. The number of hydrogen-bond acceptors (Lipinski definition) is 1. The van der Waals surface area contributed by atoms with Crippen molar-refractivity contribution in [3.63, 3.8) is 0 Å². The van der Waals surface area contributed by atoms with E-state index in [9.17, 15) is 13.6 Å². The molecule has 1 nitrogen and oxygen atoms in total. The van der Waals surface area contributed by atoms with Crippen molar-refractivity contribution in [2.75, 3.05) is 0 Å². The summed E-state index contributed by atoms with van der Waals surface area (Å²) in [6.07, 6.45) is -0.0597. The van der Waals surface area contributed by atoms with Crippen LogP contribution >= 0.6 is 11.6 Å². The number of hydrogen-bond donors (Lipinski definition) is 0. The van der Waals surface area contributed by atoms with Gasteiger partial charge >= 0.3 is 0 Å². The molecule has 98 valence electrons. The molecule has 19 heavy (non-hydrogen) atoms. The van der Waals surface area contributed by atoms with E-state index in [1.165, 1.54) is 0 Å². The summed E-state index contributed by atoms with van der Waals surface area (Å²) in [5.74, 6) is -1.60. The van der Waals surface area contributed by atoms with E-state index in [0.29, 0.717) is 21.7 Å². The highest BCUT2D eigenvalue weighted by Crippen LogP contribution is 2.20. The van der Waals surface area contributed by atoms with Gasteiger partial charge in [0.1, 0.15) is 11.6 Å². The van der Waals surface area contributed by atoms with Crippen molar-refractivity contribution in [2.24, 2.45) is 0 Å². The summed E-state index contributed by atoms with van der Waals surface area (Å²) in [7, 11) is 0. The Hall–Kier alpha value is -1.74. The first kappa shape index (κ1) is 13.7. The summed E-state index contributed by atoms with van der Waals surface area (Å²) in [5.41, 5.74) is 1.45. The van der Waals surface area contributed by atoms with Gasteiger partial charge in [0.05, 0.1) is 0 Å². The standard InChI is InChI=1S/C15H11ClF2O/c1-9-13(3-2-4-14(9)16)15(19)7-10-5-11(17)8-12(18)6-10/h2-6,8H,7H2,1H3. The summed E-state index contributed by atoms with van der Waals surface area (Å²) < 4.78 is 26.1. The van der Waals surface area contributed by atoms with Gasteiger partial charge < -0.3 is 0 Å². The van der Waals surface area contributed by atoms with Gasteiger partial charge in [0.25, 0.3) is 0 Å². The van der Waals surface area contributed by atoms with Crippen LogP contribution in [0, 0.1) is 18.6 Å². The highest BCUT2D eigenvalue weighted by atomic mass is 35.5. The van der Waals surface area contributed by atoms with Crippen molar-refractivity contribution in [3.05, 3.63) is 69.7 Å². The summed E-state index contributed by atoms with van der Waals surface area (Å²) in [5, 5.41) is 0.497. The topological polar surface area (TPSA) is 17.1 Å². The number of rotatable bonds is 3. The van der Waals surface area contributed by atoms with Crippen molar-refractivity contribution in [2.45, 2.75) is 13.3 Å². The second kappa shape index (κ2) is 5.49. The van der Waals surface area contributed by atoms with Crippen LogP contribution in [-0.4, -0.2) is 5.78 Å². The third-order valence-corrected chi connectivity index (χ3v) is 3.26. The van der Waals surface area contributed by atoms with Gasteiger partial charge in [0.15, 0.2) is 5.78 Å². The van der Waals surface area contributed by atoms with E-state index >= 15 is 0 Å². The van der Waals surface area contributed by atoms with E-state index in [1.807, 2.05) is 0 Å². The molecule has 0 N–H and O–H groups in total. The van der Waals surface area contributed by atoms with Crippen molar-refractivity contribution < 1.29 is 13.6 Å². The molecule has 2 rings (SSSR count). The molecule has 2 aromatic carbocycles. The third-order valence-electron chi connectivity index (χ3n) is 2.86. The SMILES string of the molecule is Cc1c(Cl)cccc1C(=O)Cc1cc(F)cc(F)c1. The van der Waals surface area contributed by atoms with Crippen LogP contribution < -0.4 is 0 Å². The average molecular weight is 281 g/mol. The summed E-state index contributed by atoms with van der Waals surface area (Å²) >= 11 is 5.94. The van der Waals surface area contributed by atoms with E-state index < -0.39 is 11.6 Å². The number of halogens is 3. The molecule has 0 radical (unpaired) electrons. The molecular weight excluding hydrogens is 270 g/mol. The Labute approximate surface area is 114 Å². The number of carbonyl (C=O) groups is 1. The number of ketones is 1. The first-order valence-electron chi connectivity index (χ1n) is 5.70. The average Bonchev–Trinajstić information content (AvgIpc) is 2.31. The minimum Gasteiger partial charge on any atom is -0.294 e. The van der Waals surface area contributed by atoms with Gasteiger partial charge in [-0.1, -0.05) is 23.7 Å². The first-order valence-corrected chi connectivity index (χ1v) is 6.08. The Morgan fingerprint density at radius 2 is 1.79 bits per heavy atom. The maximum absolute atomic E-state index is 13.1. The Bertz CT molecular complexity index is 618.